The number of nitrogens with zero attached hydrogens (tertiary/aromatic N) is 1. The number of likely N-dealkylation sites (N-methyl/N-ethyl adjacent to an activating group) is 1. The van der Waals surface area contributed by atoms with Crippen molar-refractivity contribution in [2.45, 2.75) is 30.8 Å². The molecular formula is C14H19NO. The molecule has 1 aromatic rings. The first-order valence-electron chi connectivity index (χ1n) is 6.11. The lowest BCUT2D eigenvalue weighted by atomic mass is 9.78. The molecule has 1 spiro atoms. The average molecular weight is 217 g/mol. The molecule has 0 aromatic heterocycles. The van der Waals surface area contributed by atoms with Gasteiger partial charge in [0.1, 0.15) is 0 Å². The Morgan fingerprint density at radius 3 is 2.81 bits per heavy atom. The normalized spacial score (nSPS) is 38.2. The van der Waals surface area contributed by atoms with Crippen molar-refractivity contribution in [1.82, 2.24) is 4.90 Å². The fraction of sp³-hybridized carbons (Fsp3) is 0.571. The second-order valence-corrected chi connectivity index (χ2v) is 5.46. The van der Waals surface area contributed by atoms with Gasteiger partial charge in [-0.3, -0.25) is 0 Å². The molecule has 3 rings (SSSR count). The molecule has 2 aliphatic rings. The fourth-order valence-electron chi connectivity index (χ4n) is 3.65. The Morgan fingerprint density at radius 1 is 1.38 bits per heavy atom. The minimum absolute atomic E-state index is 0.00472. The minimum atomic E-state index is -0.213. The predicted octanol–water partition coefficient (Wildman–Crippen LogP) is 1.74. The summed E-state index contributed by atoms with van der Waals surface area (Å²) < 4.78 is 0. The molecule has 1 heterocycles. The van der Waals surface area contributed by atoms with Gasteiger partial charge in [-0.1, -0.05) is 31.2 Å². The first-order valence-corrected chi connectivity index (χ1v) is 6.11. The van der Waals surface area contributed by atoms with Gasteiger partial charge in [0, 0.05) is 17.9 Å². The Labute approximate surface area is 96.9 Å². The van der Waals surface area contributed by atoms with Gasteiger partial charge in [0.2, 0.25) is 0 Å². The Balaban J connectivity index is 2.14. The second-order valence-electron chi connectivity index (χ2n) is 5.46. The van der Waals surface area contributed by atoms with Crippen molar-refractivity contribution < 1.29 is 5.11 Å². The maximum atomic E-state index is 10.6. The number of rotatable bonds is 0. The quantitative estimate of drug-likeness (QED) is 0.715. The Morgan fingerprint density at radius 2 is 2.12 bits per heavy atom. The van der Waals surface area contributed by atoms with Crippen LogP contribution >= 0.6 is 0 Å². The summed E-state index contributed by atoms with van der Waals surface area (Å²) in [5.74, 6) is 0.280. The maximum absolute atomic E-state index is 10.6. The zero-order chi connectivity index (χ0) is 11.3. The third kappa shape index (κ3) is 1.14. The van der Waals surface area contributed by atoms with Gasteiger partial charge < -0.3 is 10.0 Å². The minimum Gasteiger partial charge on any atom is -0.392 e. The van der Waals surface area contributed by atoms with E-state index >= 15 is 0 Å². The summed E-state index contributed by atoms with van der Waals surface area (Å²) in [6.45, 7) is 4.24. The SMILES string of the molecule is CC1c2ccccc2C2(CCN(C)C2)C1O. The van der Waals surface area contributed by atoms with Crippen LogP contribution < -0.4 is 0 Å². The highest BCUT2D eigenvalue weighted by Crippen LogP contribution is 2.50. The molecule has 0 amide bonds. The third-order valence-electron chi connectivity index (χ3n) is 4.52. The molecular weight excluding hydrogens is 198 g/mol. The van der Waals surface area contributed by atoms with Crippen LogP contribution in [0.25, 0.3) is 0 Å². The molecule has 1 aliphatic carbocycles. The monoisotopic (exact) mass is 217 g/mol. The molecule has 2 nitrogen and oxygen atoms in total. The fourth-order valence-corrected chi connectivity index (χ4v) is 3.65. The molecule has 3 unspecified atom stereocenters. The van der Waals surface area contributed by atoms with Gasteiger partial charge in [0.05, 0.1) is 6.10 Å². The topological polar surface area (TPSA) is 23.5 Å². The van der Waals surface area contributed by atoms with Crippen LogP contribution in [0.3, 0.4) is 0 Å². The highest BCUT2D eigenvalue weighted by molar-refractivity contribution is 5.46. The predicted molar refractivity (Wildman–Crippen MR) is 64.7 cm³/mol. The van der Waals surface area contributed by atoms with Crippen LogP contribution in [-0.4, -0.2) is 36.2 Å². The molecule has 1 N–H and O–H groups in total. The summed E-state index contributed by atoms with van der Waals surface area (Å²) in [7, 11) is 2.15. The first kappa shape index (κ1) is 10.3. The summed E-state index contributed by atoms with van der Waals surface area (Å²) in [6.07, 6.45) is 0.876. The van der Waals surface area contributed by atoms with Gasteiger partial charge in [-0.05, 0) is 31.1 Å². The summed E-state index contributed by atoms with van der Waals surface area (Å²) in [5, 5.41) is 10.6. The summed E-state index contributed by atoms with van der Waals surface area (Å²) >= 11 is 0. The van der Waals surface area contributed by atoms with Crippen LogP contribution in [0.1, 0.15) is 30.4 Å². The van der Waals surface area contributed by atoms with E-state index in [1.54, 1.807) is 0 Å². The second kappa shape index (κ2) is 3.31. The van der Waals surface area contributed by atoms with Crippen molar-refractivity contribution in [3.05, 3.63) is 35.4 Å². The summed E-state index contributed by atoms with van der Waals surface area (Å²) in [5.41, 5.74) is 2.75. The lowest BCUT2D eigenvalue weighted by Gasteiger charge is -2.30. The van der Waals surface area contributed by atoms with E-state index < -0.39 is 0 Å². The van der Waals surface area contributed by atoms with Gasteiger partial charge in [0.25, 0.3) is 0 Å². The lowest BCUT2D eigenvalue weighted by molar-refractivity contribution is 0.0814. The van der Waals surface area contributed by atoms with Crippen molar-refractivity contribution in [3.8, 4) is 0 Å². The van der Waals surface area contributed by atoms with Crippen LogP contribution in [0.5, 0.6) is 0 Å². The number of hydrogen-bond acceptors (Lipinski definition) is 2. The van der Waals surface area contributed by atoms with Crippen molar-refractivity contribution >= 4 is 0 Å². The number of fused-ring (bicyclic) bond motifs is 2. The molecule has 2 heteroatoms. The van der Waals surface area contributed by atoms with Crippen molar-refractivity contribution in [1.29, 1.82) is 0 Å². The van der Waals surface area contributed by atoms with Gasteiger partial charge >= 0.3 is 0 Å². The Kier molecular flexibility index (Phi) is 2.13. The van der Waals surface area contributed by atoms with Crippen LogP contribution in [0, 0.1) is 0 Å². The Hall–Kier alpha value is -0.860. The van der Waals surface area contributed by atoms with E-state index in [1.807, 2.05) is 0 Å². The van der Waals surface area contributed by atoms with Gasteiger partial charge in [-0.15, -0.1) is 0 Å². The smallest absolute Gasteiger partial charge is 0.0715 e. The largest absolute Gasteiger partial charge is 0.392 e. The maximum Gasteiger partial charge on any atom is 0.0715 e. The molecule has 0 radical (unpaired) electrons. The zero-order valence-electron chi connectivity index (χ0n) is 9.98. The van der Waals surface area contributed by atoms with E-state index in [-0.39, 0.29) is 17.4 Å². The zero-order valence-corrected chi connectivity index (χ0v) is 9.98. The van der Waals surface area contributed by atoms with Crippen LogP contribution in [-0.2, 0) is 5.41 Å². The Bertz CT molecular complexity index is 417. The molecule has 86 valence electrons. The van der Waals surface area contributed by atoms with Crippen molar-refractivity contribution in [2.24, 2.45) is 0 Å². The lowest BCUT2D eigenvalue weighted by Crippen LogP contribution is -2.39. The van der Waals surface area contributed by atoms with Gasteiger partial charge in [0.15, 0.2) is 0 Å². The third-order valence-corrected chi connectivity index (χ3v) is 4.52. The molecule has 1 aromatic carbocycles. The summed E-state index contributed by atoms with van der Waals surface area (Å²) in [6, 6.07) is 8.57. The number of benzene rings is 1. The molecule has 0 saturated carbocycles. The molecule has 1 saturated heterocycles. The number of aliphatic hydroxyl groups is 1. The van der Waals surface area contributed by atoms with Crippen LogP contribution in [0.2, 0.25) is 0 Å². The number of hydrogen-bond donors (Lipinski definition) is 1. The standard InChI is InChI=1S/C14H19NO/c1-10-11-5-3-4-6-12(11)14(13(10)16)7-8-15(2)9-14/h3-6,10,13,16H,7-9H2,1-2H3. The molecule has 3 atom stereocenters. The highest BCUT2D eigenvalue weighted by Gasteiger charge is 2.52. The molecule has 0 bridgehead atoms. The van der Waals surface area contributed by atoms with E-state index in [4.69, 9.17) is 0 Å². The molecule has 1 fully saturated rings. The van der Waals surface area contributed by atoms with E-state index in [0.29, 0.717) is 0 Å². The highest BCUT2D eigenvalue weighted by atomic mass is 16.3. The number of likely N-dealkylation sites (tertiary alicyclic amines) is 1. The van der Waals surface area contributed by atoms with E-state index in [2.05, 4.69) is 43.1 Å². The van der Waals surface area contributed by atoms with Gasteiger partial charge in [-0.25, -0.2) is 0 Å². The van der Waals surface area contributed by atoms with Crippen LogP contribution in [0.15, 0.2) is 24.3 Å². The van der Waals surface area contributed by atoms with E-state index in [9.17, 15) is 5.11 Å². The average Bonchev–Trinajstić information content (AvgIpc) is 2.78. The summed E-state index contributed by atoms with van der Waals surface area (Å²) in [4.78, 5) is 2.33. The van der Waals surface area contributed by atoms with Crippen molar-refractivity contribution in [3.63, 3.8) is 0 Å². The van der Waals surface area contributed by atoms with E-state index in [1.165, 1.54) is 11.1 Å². The van der Waals surface area contributed by atoms with Gasteiger partial charge in [-0.2, -0.15) is 0 Å². The molecule has 16 heavy (non-hydrogen) atoms. The van der Waals surface area contributed by atoms with Crippen LogP contribution in [0.4, 0.5) is 0 Å². The van der Waals surface area contributed by atoms with E-state index in [0.717, 1.165) is 19.5 Å². The molecule has 1 aliphatic heterocycles. The first-order chi connectivity index (χ1) is 7.65. The number of aliphatic hydroxyl groups excluding tert-OH is 1. The van der Waals surface area contributed by atoms with Crippen molar-refractivity contribution in [2.75, 3.05) is 20.1 Å².